The maximum Gasteiger partial charge on any atom is 0.327 e. The minimum absolute atomic E-state index is 0.296. The third-order valence-corrected chi connectivity index (χ3v) is 2.93. The Bertz CT molecular complexity index is 409. The molecule has 0 amide bonds. The molecule has 0 aliphatic heterocycles. The topological polar surface area (TPSA) is 47.6 Å². The molecule has 1 aromatic rings. The van der Waals surface area contributed by atoms with Crippen LogP contribution in [0.2, 0.25) is 0 Å². The normalized spacial score (nSPS) is 12.0. The van der Waals surface area contributed by atoms with Crippen molar-refractivity contribution in [2.24, 2.45) is 0 Å². The lowest BCUT2D eigenvalue weighted by Crippen LogP contribution is -2.30. The molecule has 0 bridgehead atoms. The van der Waals surface area contributed by atoms with Gasteiger partial charge in [0, 0.05) is 10.0 Å². The van der Waals surface area contributed by atoms with Crippen molar-refractivity contribution in [3.8, 4) is 5.75 Å². The van der Waals surface area contributed by atoms with E-state index < -0.39 is 6.04 Å². The maximum atomic E-state index is 12.0. The smallest absolute Gasteiger partial charge is 0.327 e. The van der Waals surface area contributed by atoms with Crippen LogP contribution in [0.15, 0.2) is 22.7 Å². The molecule has 0 spiro atoms. The van der Waals surface area contributed by atoms with Gasteiger partial charge in [0.05, 0.1) is 13.7 Å². The van der Waals surface area contributed by atoms with E-state index in [-0.39, 0.29) is 5.97 Å². The standard InChI is InChI=1S/C13H18BrNO3/c1-4-15-12(13(16)18-5-2)10-8-9(14)6-7-11(10)17-3/h6-8,12,15H,4-5H2,1-3H3. The molecule has 0 radical (unpaired) electrons. The summed E-state index contributed by atoms with van der Waals surface area (Å²) in [6.45, 7) is 4.76. The number of carbonyl (C=O) groups excluding carboxylic acids is 1. The van der Waals surface area contributed by atoms with Gasteiger partial charge in [-0.25, -0.2) is 4.79 Å². The van der Waals surface area contributed by atoms with Crippen molar-refractivity contribution in [3.05, 3.63) is 28.2 Å². The van der Waals surface area contributed by atoms with E-state index in [0.717, 1.165) is 10.0 Å². The van der Waals surface area contributed by atoms with Gasteiger partial charge in [0.2, 0.25) is 0 Å². The number of hydrogen-bond acceptors (Lipinski definition) is 4. The van der Waals surface area contributed by atoms with Crippen molar-refractivity contribution in [3.63, 3.8) is 0 Å². The Kier molecular flexibility index (Phi) is 6.15. The molecule has 0 aromatic heterocycles. The Labute approximate surface area is 116 Å². The van der Waals surface area contributed by atoms with Gasteiger partial charge in [0.1, 0.15) is 11.8 Å². The van der Waals surface area contributed by atoms with Crippen molar-refractivity contribution < 1.29 is 14.3 Å². The highest BCUT2D eigenvalue weighted by molar-refractivity contribution is 9.10. The van der Waals surface area contributed by atoms with Crippen molar-refractivity contribution in [1.29, 1.82) is 0 Å². The number of nitrogens with one attached hydrogen (secondary N) is 1. The van der Waals surface area contributed by atoms with E-state index in [4.69, 9.17) is 9.47 Å². The molecule has 0 aliphatic rings. The second-order valence-electron chi connectivity index (χ2n) is 3.63. The first-order chi connectivity index (χ1) is 8.63. The number of rotatable bonds is 6. The molecule has 0 saturated heterocycles. The molecule has 0 heterocycles. The summed E-state index contributed by atoms with van der Waals surface area (Å²) in [4.78, 5) is 12.0. The monoisotopic (exact) mass is 315 g/mol. The number of benzene rings is 1. The first-order valence-electron chi connectivity index (χ1n) is 5.87. The minimum Gasteiger partial charge on any atom is -0.496 e. The van der Waals surface area contributed by atoms with Crippen LogP contribution in [-0.2, 0) is 9.53 Å². The lowest BCUT2D eigenvalue weighted by molar-refractivity contribution is -0.145. The molecule has 1 unspecified atom stereocenters. The van der Waals surface area contributed by atoms with E-state index in [1.165, 1.54) is 0 Å². The number of esters is 1. The summed E-state index contributed by atoms with van der Waals surface area (Å²) >= 11 is 3.40. The number of likely N-dealkylation sites (N-methyl/N-ethyl adjacent to an activating group) is 1. The zero-order chi connectivity index (χ0) is 13.5. The Balaban J connectivity index is 3.11. The van der Waals surface area contributed by atoms with Gasteiger partial charge in [-0.1, -0.05) is 22.9 Å². The fourth-order valence-corrected chi connectivity index (χ4v) is 2.06. The molecule has 0 saturated carbocycles. The van der Waals surface area contributed by atoms with E-state index in [1.807, 2.05) is 25.1 Å². The van der Waals surface area contributed by atoms with Gasteiger partial charge < -0.3 is 14.8 Å². The molecule has 0 fully saturated rings. The summed E-state index contributed by atoms with van der Waals surface area (Å²) in [5, 5.41) is 3.11. The lowest BCUT2D eigenvalue weighted by Gasteiger charge is -2.19. The second kappa shape index (κ2) is 7.38. The molecular weight excluding hydrogens is 298 g/mol. The van der Waals surface area contributed by atoms with Gasteiger partial charge in [0.15, 0.2) is 0 Å². The van der Waals surface area contributed by atoms with Crippen molar-refractivity contribution >= 4 is 21.9 Å². The van der Waals surface area contributed by atoms with Crippen LogP contribution in [0, 0.1) is 0 Å². The average molecular weight is 316 g/mol. The van der Waals surface area contributed by atoms with E-state index in [1.54, 1.807) is 14.0 Å². The molecule has 1 N–H and O–H groups in total. The van der Waals surface area contributed by atoms with Crippen molar-refractivity contribution in [2.75, 3.05) is 20.3 Å². The summed E-state index contributed by atoms with van der Waals surface area (Å²) in [7, 11) is 1.58. The molecule has 1 aromatic carbocycles. The Morgan fingerprint density at radius 1 is 1.44 bits per heavy atom. The van der Waals surface area contributed by atoms with Crippen LogP contribution in [0.4, 0.5) is 0 Å². The van der Waals surface area contributed by atoms with Crippen LogP contribution in [0.3, 0.4) is 0 Å². The van der Waals surface area contributed by atoms with Crippen molar-refractivity contribution in [1.82, 2.24) is 5.32 Å². The highest BCUT2D eigenvalue weighted by Crippen LogP contribution is 2.29. The quantitative estimate of drug-likeness (QED) is 0.820. The molecule has 1 rings (SSSR count). The molecule has 18 heavy (non-hydrogen) atoms. The third kappa shape index (κ3) is 3.71. The average Bonchev–Trinajstić information content (AvgIpc) is 2.36. The number of carbonyl (C=O) groups is 1. The largest absolute Gasteiger partial charge is 0.496 e. The Morgan fingerprint density at radius 3 is 2.72 bits per heavy atom. The predicted octanol–water partition coefficient (Wildman–Crippen LogP) is 2.67. The van der Waals surface area contributed by atoms with Gasteiger partial charge in [0.25, 0.3) is 0 Å². The summed E-state index contributed by atoms with van der Waals surface area (Å²) in [6.07, 6.45) is 0. The number of ether oxygens (including phenoxy) is 2. The molecule has 5 heteroatoms. The van der Waals surface area contributed by atoms with Gasteiger partial charge in [-0.3, -0.25) is 0 Å². The Morgan fingerprint density at radius 2 is 2.17 bits per heavy atom. The van der Waals surface area contributed by atoms with Crippen LogP contribution < -0.4 is 10.1 Å². The van der Waals surface area contributed by atoms with Gasteiger partial charge in [-0.05, 0) is 31.7 Å². The lowest BCUT2D eigenvalue weighted by atomic mass is 10.1. The number of methoxy groups -OCH3 is 1. The maximum absolute atomic E-state index is 12.0. The first-order valence-corrected chi connectivity index (χ1v) is 6.66. The minimum atomic E-state index is -0.512. The van der Waals surface area contributed by atoms with Gasteiger partial charge >= 0.3 is 5.97 Å². The predicted molar refractivity (Wildman–Crippen MR) is 73.7 cm³/mol. The highest BCUT2D eigenvalue weighted by Gasteiger charge is 2.24. The molecule has 1 atom stereocenters. The molecule has 4 nitrogen and oxygen atoms in total. The van der Waals surface area contributed by atoms with Crippen LogP contribution in [-0.4, -0.2) is 26.2 Å². The van der Waals surface area contributed by atoms with E-state index in [9.17, 15) is 4.79 Å². The summed E-state index contributed by atoms with van der Waals surface area (Å²) < 4.78 is 11.3. The fourth-order valence-electron chi connectivity index (χ4n) is 1.68. The van der Waals surface area contributed by atoms with Crippen molar-refractivity contribution in [2.45, 2.75) is 19.9 Å². The molecular formula is C13H18BrNO3. The summed E-state index contributed by atoms with van der Waals surface area (Å²) in [5.41, 5.74) is 0.771. The Hall–Kier alpha value is -1.07. The third-order valence-electron chi connectivity index (χ3n) is 2.43. The van der Waals surface area contributed by atoms with Crippen LogP contribution in [0.5, 0.6) is 5.75 Å². The van der Waals surface area contributed by atoms with Gasteiger partial charge in [-0.2, -0.15) is 0 Å². The first kappa shape index (κ1) is 15.0. The van der Waals surface area contributed by atoms with E-state index in [0.29, 0.717) is 18.9 Å². The van der Waals surface area contributed by atoms with Crippen LogP contribution in [0.25, 0.3) is 0 Å². The number of halogens is 1. The zero-order valence-corrected chi connectivity index (χ0v) is 12.4. The second-order valence-corrected chi connectivity index (χ2v) is 4.54. The van der Waals surface area contributed by atoms with E-state index >= 15 is 0 Å². The molecule has 100 valence electrons. The molecule has 0 aliphatic carbocycles. The van der Waals surface area contributed by atoms with Gasteiger partial charge in [-0.15, -0.1) is 0 Å². The summed E-state index contributed by atoms with van der Waals surface area (Å²) in [6, 6.07) is 5.05. The van der Waals surface area contributed by atoms with Crippen LogP contribution in [0.1, 0.15) is 25.5 Å². The summed E-state index contributed by atoms with van der Waals surface area (Å²) in [5.74, 6) is 0.368. The zero-order valence-electron chi connectivity index (χ0n) is 10.8. The van der Waals surface area contributed by atoms with Crippen LogP contribution >= 0.6 is 15.9 Å². The van der Waals surface area contributed by atoms with E-state index in [2.05, 4.69) is 21.2 Å². The number of hydrogen-bond donors (Lipinski definition) is 1. The SMILES string of the molecule is CCNC(C(=O)OCC)c1cc(Br)ccc1OC. The highest BCUT2D eigenvalue weighted by atomic mass is 79.9. The fraction of sp³-hybridized carbons (Fsp3) is 0.462.